The van der Waals surface area contributed by atoms with Gasteiger partial charge >= 0.3 is 0 Å². The third-order valence-electron chi connectivity index (χ3n) is 4.59. The van der Waals surface area contributed by atoms with E-state index >= 15 is 0 Å². The highest BCUT2D eigenvalue weighted by Crippen LogP contribution is 2.19. The van der Waals surface area contributed by atoms with E-state index in [2.05, 4.69) is 15.4 Å². The molecular formula is C21H18N6O2. The minimum Gasteiger partial charge on any atom is -0.508 e. The molecule has 0 spiro atoms. The van der Waals surface area contributed by atoms with Gasteiger partial charge in [-0.15, -0.1) is 0 Å². The second-order valence-electron chi connectivity index (χ2n) is 6.51. The van der Waals surface area contributed by atoms with Crippen LogP contribution in [0.15, 0.2) is 59.4 Å². The molecule has 4 aromatic rings. The van der Waals surface area contributed by atoms with Crippen LogP contribution in [-0.4, -0.2) is 24.4 Å². The molecule has 29 heavy (non-hydrogen) atoms. The molecule has 0 atom stereocenters. The molecule has 0 fully saturated rings. The lowest BCUT2D eigenvalue weighted by atomic mass is 10.3. The number of phenols is 1. The summed E-state index contributed by atoms with van der Waals surface area (Å²) < 4.78 is 3.01. The van der Waals surface area contributed by atoms with Crippen molar-refractivity contribution in [1.29, 1.82) is 5.26 Å². The summed E-state index contributed by atoms with van der Waals surface area (Å²) in [6.07, 6.45) is 0. The van der Waals surface area contributed by atoms with Gasteiger partial charge in [-0.2, -0.15) is 10.4 Å². The van der Waals surface area contributed by atoms with Crippen LogP contribution in [0.25, 0.3) is 16.7 Å². The van der Waals surface area contributed by atoms with Crippen LogP contribution in [0.2, 0.25) is 0 Å². The van der Waals surface area contributed by atoms with E-state index in [1.165, 1.54) is 4.57 Å². The van der Waals surface area contributed by atoms with Crippen LogP contribution in [0, 0.1) is 18.3 Å². The largest absolute Gasteiger partial charge is 0.508 e. The molecule has 0 saturated heterocycles. The Morgan fingerprint density at radius 3 is 2.55 bits per heavy atom. The minimum absolute atomic E-state index is 0.107. The van der Waals surface area contributed by atoms with Gasteiger partial charge in [-0.05, 0) is 43.3 Å². The molecule has 144 valence electrons. The molecule has 0 unspecified atom stereocenters. The van der Waals surface area contributed by atoms with E-state index in [9.17, 15) is 15.2 Å². The Kier molecular flexibility index (Phi) is 4.71. The number of hydrogen-bond acceptors (Lipinski definition) is 6. The lowest BCUT2D eigenvalue weighted by Crippen LogP contribution is -2.27. The zero-order valence-corrected chi connectivity index (χ0v) is 15.7. The van der Waals surface area contributed by atoms with Crippen LogP contribution in [-0.2, 0) is 13.1 Å². The number of nitrogens with one attached hydrogen (secondary N) is 1. The second kappa shape index (κ2) is 7.48. The van der Waals surface area contributed by atoms with Crippen LogP contribution < -0.4 is 10.9 Å². The summed E-state index contributed by atoms with van der Waals surface area (Å²) in [7, 11) is 0. The molecule has 0 saturated carbocycles. The van der Waals surface area contributed by atoms with Crippen LogP contribution in [0.1, 0.15) is 11.5 Å². The number of fused-ring (bicyclic) bond motifs is 1. The van der Waals surface area contributed by atoms with Crippen LogP contribution >= 0.6 is 0 Å². The number of rotatable bonds is 5. The lowest BCUT2D eigenvalue weighted by molar-refractivity contribution is 0.475. The first-order valence-electron chi connectivity index (χ1n) is 9.03. The Bertz CT molecular complexity index is 1270. The van der Waals surface area contributed by atoms with Crippen molar-refractivity contribution in [3.63, 3.8) is 0 Å². The van der Waals surface area contributed by atoms with Crippen LogP contribution in [0.4, 0.5) is 5.69 Å². The predicted octanol–water partition coefficient (Wildman–Crippen LogP) is 2.73. The van der Waals surface area contributed by atoms with Crippen molar-refractivity contribution in [2.24, 2.45) is 0 Å². The Morgan fingerprint density at radius 2 is 1.86 bits per heavy atom. The Labute approximate surface area is 166 Å². The van der Waals surface area contributed by atoms with Gasteiger partial charge in [0.15, 0.2) is 5.65 Å². The van der Waals surface area contributed by atoms with Crippen LogP contribution in [0.3, 0.4) is 0 Å². The van der Waals surface area contributed by atoms with Gasteiger partial charge in [-0.25, -0.2) is 9.67 Å². The number of aromatic hydroxyl groups is 1. The van der Waals surface area contributed by atoms with Crippen molar-refractivity contribution < 1.29 is 5.11 Å². The van der Waals surface area contributed by atoms with Gasteiger partial charge in [0, 0.05) is 5.69 Å². The first kappa shape index (κ1) is 18.3. The summed E-state index contributed by atoms with van der Waals surface area (Å²) in [6, 6.07) is 18.1. The average molecular weight is 386 g/mol. The number of phenolic OH excluding ortho intramolecular Hbond substituents is 1. The molecule has 0 aliphatic heterocycles. The quantitative estimate of drug-likeness (QED) is 0.511. The van der Waals surface area contributed by atoms with Crippen LogP contribution in [0.5, 0.6) is 5.75 Å². The number of benzene rings is 2. The minimum atomic E-state index is -0.293. The average Bonchev–Trinajstić information content (AvgIpc) is 3.07. The molecule has 2 aromatic heterocycles. The van der Waals surface area contributed by atoms with Crippen molar-refractivity contribution in [1.82, 2.24) is 19.3 Å². The monoisotopic (exact) mass is 386 g/mol. The summed E-state index contributed by atoms with van der Waals surface area (Å²) >= 11 is 0. The summed E-state index contributed by atoms with van der Waals surface area (Å²) in [4.78, 5) is 17.8. The Balaban J connectivity index is 1.84. The zero-order chi connectivity index (χ0) is 20.4. The fraction of sp³-hybridized carbons (Fsp3) is 0.143. The number of nitriles is 1. The van der Waals surface area contributed by atoms with Gasteiger partial charge in [0.2, 0.25) is 0 Å². The molecule has 4 rings (SSSR count). The molecule has 2 N–H and O–H groups in total. The van der Waals surface area contributed by atoms with Gasteiger partial charge in [-0.3, -0.25) is 9.36 Å². The molecule has 0 bridgehead atoms. The fourth-order valence-corrected chi connectivity index (χ4v) is 3.18. The highest BCUT2D eigenvalue weighted by atomic mass is 16.3. The molecule has 8 heteroatoms. The van der Waals surface area contributed by atoms with Gasteiger partial charge in [-0.1, -0.05) is 18.2 Å². The van der Waals surface area contributed by atoms with E-state index in [1.807, 2.05) is 36.4 Å². The molecule has 2 heterocycles. The smallest absolute Gasteiger partial charge is 0.265 e. The molecular weight excluding hydrogens is 368 g/mol. The SMILES string of the molecule is Cc1nn(-c2ccccc2)c2nc(CNc3ccc(O)cc3)n(CC#N)c(=O)c12. The Morgan fingerprint density at radius 1 is 1.14 bits per heavy atom. The van der Waals surface area contributed by atoms with Gasteiger partial charge < -0.3 is 10.4 Å². The van der Waals surface area contributed by atoms with Gasteiger partial charge in [0.1, 0.15) is 23.5 Å². The summed E-state index contributed by atoms with van der Waals surface area (Å²) in [5.74, 6) is 0.591. The van der Waals surface area contributed by atoms with Gasteiger partial charge in [0.25, 0.3) is 5.56 Å². The number of para-hydroxylation sites is 1. The van der Waals surface area contributed by atoms with Gasteiger partial charge in [0.05, 0.1) is 24.0 Å². The molecule has 0 aliphatic carbocycles. The van der Waals surface area contributed by atoms with E-state index < -0.39 is 0 Å². The number of anilines is 1. The predicted molar refractivity (Wildman–Crippen MR) is 109 cm³/mol. The van der Waals surface area contributed by atoms with Crippen molar-refractivity contribution in [2.45, 2.75) is 20.0 Å². The maximum absolute atomic E-state index is 13.1. The maximum atomic E-state index is 13.1. The maximum Gasteiger partial charge on any atom is 0.265 e. The first-order valence-corrected chi connectivity index (χ1v) is 9.03. The summed E-state index contributed by atoms with van der Waals surface area (Å²) in [6.45, 7) is 1.89. The molecule has 0 radical (unpaired) electrons. The third kappa shape index (κ3) is 3.41. The van der Waals surface area contributed by atoms with E-state index in [-0.39, 0.29) is 24.4 Å². The highest BCUT2D eigenvalue weighted by molar-refractivity contribution is 5.79. The fourth-order valence-electron chi connectivity index (χ4n) is 3.18. The molecule has 2 aromatic carbocycles. The topological polar surface area (TPSA) is 109 Å². The number of aromatic nitrogens is 4. The van der Waals surface area contributed by atoms with E-state index in [4.69, 9.17) is 0 Å². The molecule has 0 amide bonds. The Hall–Kier alpha value is -4.12. The van der Waals surface area contributed by atoms with E-state index in [0.29, 0.717) is 22.6 Å². The van der Waals surface area contributed by atoms with E-state index in [0.717, 1.165) is 11.4 Å². The van der Waals surface area contributed by atoms with Crippen molar-refractivity contribution in [3.8, 4) is 17.5 Å². The summed E-state index contributed by atoms with van der Waals surface area (Å²) in [5, 5.41) is 26.7. The third-order valence-corrected chi connectivity index (χ3v) is 4.59. The molecule has 0 aliphatic rings. The second-order valence-corrected chi connectivity index (χ2v) is 6.51. The molecule has 8 nitrogen and oxygen atoms in total. The number of hydrogen-bond donors (Lipinski definition) is 2. The van der Waals surface area contributed by atoms with Crippen molar-refractivity contribution in [2.75, 3.05) is 5.32 Å². The van der Waals surface area contributed by atoms with Crippen molar-refractivity contribution >= 4 is 16.7 Å². The number of aryl methyl sites for hydroxylation is 1. The zero-order valence-electron chi connectivity index (χ0n) is 15.7. The highest BCUT2D eigenvalue weighted by Gasteiger charge is 2.18. The normalized spacial score (nSPS) is 10.8. The number of nitrogens with zero attached hydrogens (tertiary/aromatic N) is 5. The lowest BCUT2D eigenvalue weighted by Gasteiger charge is -2.12. The van der Waals surface area contributed by atoms with Crippen molar-refractivity contribution in [3.05, 3.63) is 76.5 Å². The van der Waals surface area contributed by atoms with E-state index in [1.54, 1.807) is 35.9 Å². The summed E-state index contributed by atoms with van der Waals surface area (Å²) in [5.41, 5.74) is 2.28. The standard InChI is InChI=1S/C21H18N6O2/c1-14-19-20(27(25-14)16-5-3-2-4-6-16)24-18(26(12-11-22)21(19)29)13-23-15-7-9-17(28)10-8-15/h2-10,23,28H,12-13H2,1H3. The first-order chi connectivity index (χ1) is 14.1.